The van der Waals surface area contributed by atoms with Crippen LogP contribution in [-0.4, -0.2) is 31.3 Å². The van der Waals surface area contributed by atoms with Crippen LogP contribution in [0.5, 0.6) is 0 Å². The molecule has 0 spiro atoms. The Morgan fingerprint density at radius 3 is 2.72 bits per heavy atom. The van der Waals surface area contributed by atoms with E-state index in [1.807, 2.05) is 24.0 Å². The number of aromatic nitrogens is 5. The van der Waals surface area contributed by atoms with Crippen molar-refractivity contribution in [1.29, 1.82) is 0 Å². The molecule has 0 aliphatic heterocycles. The normalized spacial score (nSPS) is 10.8. The minimum absolute atomic E-state index is 0.686. The lowest BCUT2D eigenvalue weighted by Gasteiger charge is -2.03. The molecular formula is C11H16N6S. The van der Waals surface area contributed by atoms with Crippen LogP contribution in [0.2, 0.25) is 0 Å². The van der Waals surface area contributed by atoms with Crippen molar-refractivity contribution in [2.75, 3.05) is 6.54 Å². The molecule has 18 heavy (non-hydrogen) atoms. The van der Waals surface area contributed by atoms with Crippen LogP contribution in [-0.2, 0) is 13.6 Å². The summed E-state index contributed by atoms with van der Waals surface area (Å²) in [5.41, 5.74) is 1.09. The molecule has 0 radical (unpaired) electrons. The van der Waals surface area contributed by atoms with E-state index in [4.69, 9.17) is 0 Å². The fourth-order valence-corrected chi connectivity index (χ4v) is 2.00. The molecule has 0 aromatic carbocycles. The third kappa shape index (κ3) is 3.51. The summed E-state index contributed by atoms with van der Waals surface area (Å²) in [6.45, 7) is 3.96. The van der Waals surface area contributed by atoms with E-state index in [0.29, 0.717) is 5.16 Å². The number of rotatable bonds is 6. The molecule has 2 aromatic heterocycles. The maximum absolute atomic E-state index is 4.30. The van der Waals surface area contributed by atoms with Gasteiger partial charge in [-0.2, -0.15) is 0 Å². The summed E-state index contributed by atoms with van der Waals surface area (Å²) in [5, 5.41) is 12.6. The first kappa shape index (κ1) is 13.0. The highest BCUT2D eigenvalue weighted by molar-refractivity contribution is 7.99. The van der Waals surface area contributed by atoms with E-state index in [2.05, 4.69) is 32.4 Å². The molecule has 0 saturated carbocycles. The second-order valence-corrected chi connectivity index (χ2v) is 4.81. The predicted octanol–water partition coefficient (Wildman–Crippen LogP) is 1.26. The van der Waals surface area contributed by atoms with Crippen molar-refractivity contribution < 1.29 is 0 Å². The molecule has 0 aliphatic rings. The van der Waals surface area contributed by atoms with Crippen LogP contribution in [0.25, 0.3) is 0 Å². The molecular weight excluding hydrogens is 248 g/mol. The summed E-state index contributed by atoms with van der Waals surface area (Å²) in [4.78, 5) is 8.61. The average Bonchev–Trinajstić information content (AvgIpc) is 2.78. The van der Waals surface area contributed by atoms with Crippen LogP contribution in [0.1, 0.15) is 18.9 Å². The Labute approximate surface area is 110 Å². The van der Waals surface area contributed by atoms with Crippen molar-refractivity contribution in [2.45, 2.75) is 30.2 Å². The van der Waals surface area contributed by atoms with E-state index in [9.17, 15) is 0 Å². The quantitative estimate of drug-likeness (QED) is 0.625. The van der Waals surface area contributed by atoms with Gasteiger partial charge in [0.2, 0.25) is 0 Å². The standard InChI is InChI=1S/C11H16N6S/c1-3-4-12-5-9-6-13-10(14-7-9)18-11-16-15-8-17(11)2/h6-8,12H,3-5H2,1-2H3. The van der Waals surface area contributed by atoms with Crippen LogP contribution >= 0.6 is 11.8 Å². The summed E-state index contributed by atoms with van der Waals surface area (Å²) in [5.74, 6) is 0. The van der Waals surface area contributed by atoms with E-state index in [1.54, 1.807) is 6.33 Å². The van der Waals surface area contributed by atoms with Gasteiger partial charge in [-0.3, -0.25) is 0 Å². The van der Waals surface area contributed by atoms with Crippen molar-refractivity contribution in [2.24, 2.45) is 7.05 Å². The van der Waals surface area contributed by atoms with Crippen LogP contribution in [0.3, 0.4) is 0 Å². The zero-order chi connectivity index (χ0) is 12.8. The molecule has 2 rings (SSSR count). The third-order valence-corrected chi connectivity index (χ3v) is 3.24. The van der Waals surface area contributed by atoms with Gasteiger partial charge in [-0.25, -0.2) is 9.97 Å². The molecule has 1 N–H and O–H groups in total. The van der Waals surface area contributed by atoms with E-state index < -0.39 is 0 Å². The lowest BCUT2D eigenvalue weighted by molar-refractivity contribution is 0.669. The van der Waals surface area contributed by atoms with Crippen LogP contribution in [0.15, 0.2) is 29.0 Å². The molecule has 2 heterocycles. The summed E-state index contributed by atoms with van der Waals surface area (Å²) in [6, 6.07) is 0. The van der Waals surface area contributed by atoms with Crippen molar-refractivity contribution in [3.05, 3.63) is 24.3 Å². The smallest absolute Gasteiger partial charge is 0.198 e. The number of nitrogens with one attached hydrogen (secondary N) is 1. The highest BCUT2D eigenvalue weighted by Gasteiger charge is 2.05. The zero-order valence-corrected chi connectivity index (χ0v) is 11.3. The maximum atomic E-state index is 4.30. The van der Waals surface area contributed by atoms with Gasteiger partial charge in [0.05, 0.1) is 0 Å². The number of nitrogens with zero attached hydrogens (tertiary/aromatic N) is 5. The minimum atomic E-state index is 0.686. The number of aryl methyl sites for hydroxylation is 1. The first-order valence-electron chi connectivity index (χ1n) is 5.83. The highest BCUT2D eigenvalue weighted by atomic mass is 32.2. The predicted molar refractivity (Wildman–Crippen MR) is 69.2 cm³/mol. The van der Waals surface area contributed by atoms with Crippen molar-refractivity contribution in [1.82, 2.24) is 30.0 Å². The van der Waals surface area contributed by atoms with E-state index in [1.165, 1.54) is 11.8 Å². The van der Waals surface area contributed by atoms with Crippen LogP contribution < -0.4 is 5.32 Å². The van der Waals surface area contributed by atoms with Gasteiger partial charge in [0.25, 0.3) is 0 Å². The first-order valence-corrected chi connectivity index (χ1v) is 6.64. The first-order chi connectivity index (χ1) is 8.79. The zero-order valence-electron chi connectivity index (χ0n) is 10.5. The SMILES string of the molecule is CCCNCc1cnc(Sc2nncn2C)nc1. The number of hydrogen-bond donors (Lipinski definition) is 1. The Hall–Kier alpha value is -1.47. The van der Waals surface area contributed by atoms with Gasteiger partial charge >= 0.3 is 0 Å². The lowest BCUT2D eigenvalue weighted by Crippen LogP contribution is -2.14. The highest BCUT2D eigenvalue weighted by Crippen LogP contribution is 2.20. The molecule has 0 aliphatic carbocycles. The van der Waals surface area contributed by atoms with Crippen LogP contribution in [0.4, 0.5) is 0 Å². The van der Waals surface area contributed by atoms with Gasteiger partial charge in [0, 0.05) is 31.5 Å². The van der Waals surface area contributed by atoms with E-state index >= 15 is 0 Å². The molecule has 7 heteroatoms. The van der Waals surface area contributed by atoms with Gasteiger partial charge in [0.15, 0.2) is 10.3 Å². The second kappa shape index (κ2) is 6.46. The molecule has 0 atom stereocenters. The molecule has 96 valence electrons. The molecule has 0 bridgehead atoms. The minimum Gasteiger partial charge on any atom is -0.313 e. The lowest BCUT2D eigenvalue weighted by atomic mass is 10.3. The molecule has 0 saturated heterocycles. The van der Waals surface area contributed by atoms with Crippen LogP contribution in [0, 0.1) is 0 Å². The van der Waals surface area contributed by atoms with Gasteiger partial charge in [-0.1, -0.05) is 6.92 Å². The van der Waals surface area contributed by atoms with Gasteiger partial charge in [-0.15, -0.1) is 10.2 Å². The largest absolute Gasteiger partial charge is 0.313 e. The fraction of sp³-hybridized carbons (Fsp3) is 0.455. The number of hydrogen-bond acceptors (Lipinski definition) is 6. The Bertz CT molecular complexity index is 481. The molecule has 0 unspecified atom stereocenters. The monoisotopic (exact) mass is 264 g/mol. The molecule has 6 nitrogen and oxygen atoms in total. The summed E-state index contributed by atoms with van der Waals surface area (Å²) in [7, 11) is 1.89. The summed E-state index contributed by atoms with van der Waals surface area (Å²) in [6.07, 6.45) is 6.47. The fourth-order valence-electron chi connectivity index (χ4n) is 1.34. The molecule has 0 fully saturated rings. The third-order valence-electron chi connectivity index (χ3n) is 2.29. The van der Waals surface area contributed by atoms with E-state index in [-0.39, 0.29) is 0 Å². The van der Waals surface area contributed by atoms with Crippen molar-refractivity contribution >= 4 is 11.8 Å². The average molecular weight is 264 g/mol. The summed E-state index contributed by atoms with van der Waals surface area (Å²) >= 11 is 1.40. The Morgan fingerprint density at radius 2 is 2.11 bits per heavy atom. The summed E-state index contributed by atoms with van der Waals surface area (Å²) < 4.78 is 1.84. The van der Waals surface area contributed by atoms with Gasteiger partial charge in [-0.05, 0) is 24.7 Å². The molecule has 2 aromatic rings. The Morgan fingerprint density at radius 1 is 1.33 bits per heavy atom. The Balaban J connectivity index is 1.93. The van der Waals surface area contributed by atoms with Gasteiger partial charge in [0.1, 0.15) is 6.33 Å². The molecule has 0 amide bonds. The van der Waals surface area contributed by atoms with Crippen molar-refractivity contribution in [3.8, 4) is 0 Å². The topological polar surface area (TPSA) is 68.5 Å². The van der Waals surface area contributed by atoms with Gasteiger partial charge < -0.3 is 9.88 Å². The maximum Gasteiger partial charge on any atom is 0.198 e. The Kier molecular flexibility index (Phi) is 4.66. The van der Waals surface area contributed by atoms with Crippen molar-refractivity contribution in [3.63, 3.8) is 0 Å². The van der Waals surface area contributed by atoms with E-state index in [0.717, 1.165) is 30.2 Å². The second-order valence-electron chi connectivity index (χ2n) is 3.88.